The molecule has 1 atom stereocenters. The molecule has 0 radical (unpaired) electrons. The first-order valence-corrected chi connectivity index (χ1v) is 3.63. The van der Waals surface area contributed by atoms with Crippen LogP contribution in [-0.4, -0.2) is 13.1 Å². The Kier molecular flexibility index (Phi) is 5.64. The molecule has 0 heterocycles. The molecule has 1 unspecified atom stereocenters. The highest BCUT2D eigenvalue weighted by Crippen LogP contribution is 1.99. The quantitative estimate of drug-likeness (QED) is 0.557. The van der Waals surface area contributed by atoms with Gasteiger partial charge < -0.3 is 5.32 Å². The van der Waals surface area contributed by atoms with Crippen molar-refractivity contribution in [2.75, 3.05) is 7.05 Å². The van der Waals surface area contributed by atoms with Gasteiger partial charge >= 0.3 is 0 Å². The first-order chi connectivity index (χ1) is 4.35. The maximum Gasteiger partial charge on any atom is 0.00643 e. The summed E-state index contributed by atoms with van der Waals surface area (Å²) in [7, 11) is 2.01. The molecule has 0 aliphatic rings. The third-order valence-electron chi connectivity index (χ3n) is 1.62. The zero-order valence-corrected chi connectivity index (χ0v) is 6.48. The standard InChI is InChI=1S/C8H17N/c1-4-6-7-8(5-2)9-3/h4,8-9H,1,5-7H2,2-3H3. The molecule has 0 rings (SSSR count). The number of allylic oxidation sites excluding steroid dienone is 1. The van der Waals surface area contributed by atoms with E-state index in [4.69, 9.17) is 0 Å². The first kappa shape index (κ1) is 8.70. The molecule has 0 saturated heterocycles. The zero-order chi connectivity index (χ0) is 7.11. The molecule has 0 aromatic rings. The normalized spacial score (nSPS) is 13.1. The molecule has 1 nitrogen and oxygen atoms in total. The van der Waals surface area contributed by atoms with Crippen LogP contribution in [0, 0.1) is 0 Å². The molecule has 0 bridgehead atoms. The van der Waals surface area contributed by atoms with E-state index in [9.17, 15) is 0 Å². The van der Waals surface area contributed by atoms with Crippen molar-refractivity contribution in [1.82, 2.24) is 5.32 Å². The van der Waals surface area contributed by atoms with Crippen molar-refractivity contribution in [2.24, 2.45) is 0 Å². The highest BCUT2D eigenvalue weighted by molar-refractivity contribution is 4.71. The second-order valence-corrected chi connectivity index (χ2v) is 2.26. The smallest absolute Gasteiger partial charge is 0.00643 e. The highest BCUT2D eigenvalue weighted by Gasteiger charge is 1.98. The van der Waals surface area contributed by atoms with Gasteiger partial charge in [0.2, 0.25) is 0 Å². The SMILES string of the molecule is C=CCCC(CC)NC. The third-order valence-corrected chi connectivity index (χ3v) is 1.62. The van der Waals surface area contributed by atoms with Crippen LogP contribution in [-0.2, 0) is 0 Å². The Hall–Kier alpha value is -0.300. The van der Waals surface area contributed by atoms with Gasteiger partial charge in [-0.1, -0.05) is 13.0 Å². The van der Waals surface area contributed by atoms with Crippen LogP contribution in [0.2, 0.25) is 0 Å². The topological polar surface area (TPSA) is 12.0 Å². The minimum Gasteiger partial charge on any atom is -0.317 e. The molecule has 0 fully saturated rings. The number of hydrogen-bond donors (Lipinski definition) is 1. The van der Waals surface area contributed by atoms with Crippen LogP contribution in [0.15, 0.2) is 12.7 Å². The zero-order valence-electron chi connectivity index (χ0n) is 6.48. The molecule has 0 amide bonds. The van der Waals surface area contributed by atoms with Gasteiger partial charge in [0.05, 0.1) is 0 Å². The second kappa shape index (κ2) is 5.83. The summed E-state index contributed by atoms with van der Waals surface area (Å²) in [5, 5.41) is 3.24. The van der Waals surface area contributed by atoms with Gasteiger partial charge in [0.1, 0.15) is 0 Å². The second-order valence-electron chi connectivity index (χ2n) is 2.26. The minimum atomic E-state index is 0.683. The molecular formula is C8H17N. The number of nitrogens with one attached hydrogen (secondary N) is 1. The van der Waals surface area contributed by atoms with Gasteiger partial charge in [0.15, 0.2) is 0 Å². The van der Waals surface area contributed by atoms with E-state index in [1.807, 2.05) is 13.1 Å². The van der Waals surface area contributed by atoms with Crippen molar-refractivity contribution in [2.45, 2.75) is 32.2 Å². The van der Waals surface area contributed by atoms with E-state index < -0.39 is 0 Å². The molecule has 0 aliphatic carbocycles. The first-order valence-electron chi connectivity index (χ1n) is 3.63. The Balaban J connectivity index is 3.19. The summed E-state index contributed by atoms with van der Waals surface area (Å²) in [5.41, 5.74) is 0. The van der Waals surface area contributed by atoms with Crippen LogP contribution in [0.4, 0.5) is 0 Å². The van der Waals surface area contributed by atoms with Crippen LogP contribution in [0.1, 0.15) is 26.2 Å². The lowest BCUT2D eigenvalue weighted by atomic mass is 10.1. The predicted molar refractivity (Wildman–Crippen MR) is 42.6 cm³/mol. The van der Waals surface area contributed by atoms with Gasteiger partial charge in [0.25, 0.3) is 0 Å². The third kappa shape index (κ3) is 4.22. The summed E-state index contributed by atoms with van der Waals surface area (Å²) in [4.78, 5) is 0. The van der Waals surface area contributed by atoms with Crippen LogP contribution in [0.3, 0.4) is 0 Å². The van der Waals surface area contributed by atoms with E-state index in [1.165, 1.54) is 12.8 Å². The summed E-state index contributed by atoms with van der Waals surface area (Å²) >= 11 is 0. The van der Waals surface area contributed by atoms with Gasteiger partial charge in [-0.15, -0.1) is 6.58 Å². The molecule has 0 spiro atoms. The minimum absolute atomic E-state index is 0.683. The van der Waals surface area contributed by atoms with E-state index in [0.717, 1.165) is 6.42 Å². The highest BCUT2D eigenvalue weighted by atomic mass is 14.9. The lowest BCUT2D eigenvalue weighted by Crippen LogP contribution is -2.23. The largest absolute Gasteiger partial charge is 0.317 e. The lowest BCUT2D eigenvalue weighted by Gasteiger charge is -2.10. The average Bonchev–Trinajstić information content (AvgIpc) is 1.91. The molecular weight excluding hydrogens is 110 g/mol. The summed E-state index contributed by atoms with van der Waals surface area (Å²) in [6, 6.07) is 0.683. The van der Waals surface area contributed by atoms with Crippen LogP contribution in [0.5, 0.6) is 0 Å². The van der Waals surface area contributed by atoms with Gasteiger partial charge in [-0.25, -0.2) is 0 Å². The van der Waals surface area contributed by atoms with Crippen molar-refractivity contribution in [3.63, 3.8) is 0 Å². The van der Waals surface area contributed by atoms with Crippen LogP contribution in [0.25, 0.3) is 0 Å². The van der Waals surface area contributed by atoms with Gasteiger partial charge in [-0.2, -0.15) is 0 Å². The molecule has 0 aromatic heterocycles. The Labute approximate surface area is 58.2 Å². The van der Waals surface area contributed by atoms with Crippen molar-refractivity contribution in [1.29, 1.82) is 0 Å². The fraction of sp³-hybridized carbons (Fsp3) is 0.750. The summed E-state index contributed by atoms with van der Waals surface area (Å²) < 4.78 is 0. The monoisotopic (exact) mass is 127 g/mol. The molecule has 0 aromatic carbocycles. The van der Waals surface area contributed by atoms with Crippen molar-refractivity contribution in [3.05, 3.63) is 12.7 Å². The Morgan fingerprint density at radius 2 is 2.33 bits per heavy atom. The van der Waals surface area contributed by atoms with Crippen molar-refractivity contribution in [3.8, 4) is 0 Å². The molecule has 1 heteroatoms. The number of hydrogen-bond acceptors (Lipinski definition) is 1. The van der Waals surface area contributed by atoms with E-state index in [2.05, 4.69) is 18.8 Å². The maximum atomic E-state index is 3.67. The van der Waals surface area contributed by atoms with E-state index >= 15 is 0 Å². The summed E-state index contributed by atoms with van der Waals surface area (Å²) in [5.74, 6) is 0. The maximum absolute atomic E-state index is 3.67. The predicted octanol–water partition coefficient (Wildman–Crippen LogP) is 1.95. The van der Waals surface area contributed by atoms with E-state index in [1.54, 1.807) is 0 Å². The molecule has 0 aliphatic heterocycles. The fourth-order valence-corrected chi connectivity index (χ4v) is 0.872. The van der Waals surface area contributed by atoms with Crippen molar-refractivity contribution < 1.29 is 0 Å². The van der Waals surface area contributed by atoms with E-state index in [-0.39, 0.29) is 0 Å². The lowest BCUT2D eigenvalue weighted by molar-refractivity contribution is 0.513. The molecule has 54 valence electrons. The Morgan fingerprint density at radius 3 is 2.67 bits per heavy atom. The van der Waals surface area contributed by atoms with E-state index in [0.29, 0.717) is 6.04 Å². The van der Waals surface area contributed by atoms with Crippen LogP contribution >= 0.6 is 0 Å². The van der Waals surface area contributed by atoms with Gasteiger partial charge in [-0.3, -0.25) is 0 Å². The van der Waals surface area contributed by atoms with Crippen molar-refractivity contribution >= 4 is 0 Å². The Bertz CT molecular complexity index is 65.0. The summed E-state index contributed by atoms with van der Waals surface area (Å²) in [6.45, 7) is 5.87. The van der Waals surface area contributed by atoms with Gasteiger partial charge in [0, 0.05) is 6.04 Å². The molecule has 9 heavy (non-hydrogen) atoms. The Morgan fingerprint density at radius 1 is 1.67 bits per heavy atom. The molecule has 1 N–H and O–H groups in total. The molecule has 0 saturated carbocycles. The number of rotatable bonds is 5. The average molecular weight is 127 g/mol. The summed E-state index contributed by atoms with van der Waals surface area (Å²) in [6.07, 6.45) is 5.53. The fourth-order valence-electron chi connectivity index (χ4n) is 0.872. The van der Waals surface area contributed by atoms with Gasteiger partial charge in [-0.05, 0) is 26.3 Å². The van der Waals surface area contributed by atoms with Crippen LogP contribution < -0.4 is 5.32 Å².